The van der Waals surface area contributed by atoms with Crippen molar-refractivity contribution in [2.45, 2.75) is 13.0 Å². The highest BCUT2D eigenvalue weighted by atomic mass is 16.5. The lowest BCUT2D eigenvalue weighted by Crippen LogP contribution is -2.49. The van der Waals surface area contributed by atoms with Gasteiger partial charge in [-0.2, -0.15) is 0 Å². The highest BCUT2D eigenvalue weighted by molar-refractivity contribution is 5.96. The van der Waals surface area contributed by atoms with Crippen LogP contribution in [0.5, 0.6) is 0 Å². The fourth-order valence-electron chi connectivity index (χ4n) is 0.923. The van der Waals surface area contributed by atoms with E-state index in [-0.39, 0.29) is 12.5 Å². The van der Waals surface area contributed by atoms with Crippen LogP contribution in [0, 0.1) is 0 Å². The van der Waals surface area contributed by atoms with Crippen LogP contribution in [0.2, 0.25) is 0 Å². The maximum Gasteiger partial charge on any atom is 0.318 e. The van der Waals surface area contributed by atoms with Crippen molar-refractivity contribution in [1.29, 1.82) is 0 Å². The first-order chi connectivity index (χ1) is 7.97. The Morgan fingerprint density at radius 2 is 2.00 bits per heavy atom. The molecule has 0 saturated carbocycles. The molecule has 0 heterocycles. The number of nitrogens with one attached hydrogen (secondary N) is 3. The molecule has 0 fully saturated rings. The zero-order valence-electron chi connectivity index (χ0n) is 9.91. The third kappa shape index (κ3) is 8.17. The Hall–Kier alpha value is -1.67. The second-order valence-corrected chi connectivity index (χ2v) is 3.30. The monoisotopic (exact) mass is 246 g/mol. The number of nitrogens with two attached hydrogens (primary N) is 1. The van der Waals surface area contributed by atoms with Crippen molar-refractivity contribution in [1.82, 2.24) is 16.0 Å². The largest absolute Gasteiger partial charge is 0.383 e. The summed E-state index contributed by atoms with van der Waals surface area (Å²) in [6, 6.07) is -1.61. The lowest BCUT2D eigenvalue weighted by atomic mass is 10.3. The summed E-state index contributed by atoms with van der Waals surface area (Å²) in [5.41, 5.74) is 4.78. The summed E-state index contributed by atoms with van der Waals surface area (Å²) in [6.45, 7) is 2.31. The van der Waals surface area contributed by atoms with Gasteiger partial charge in [-0.1, -0.05) is 0 Å². The molecule has 4 amide bonds. The smallest absolute Gasteiger partial charge is 0.318 e. The number of primary amides is 1. The summed E-state index contributed by atoms with van der Waals surface area (Å²) in [4.78, 5) is 32.8. The molecule has 0 aliphatic carbocycles. The quantitative estimate of drug-likeness (QED) is 0.384. The maximum atomic E-state index is 11.2. The topological polar surface area (TPSA) is 123 Å². The van der Waals surface area contributed by atoms with Gasteiger partial charge in [0.25, 0.3) is 0 Å². The lowest BCUT2D eigenvalue weighted by Gasteiger charge is -2.12. The number of carbonyl (C=O) groups is 3. The third-order valence-electron chi connectivity index (χ3n) is 1.84. The molecule has 8 heteroatoms. The van der Waals surface area contributed by atoms with E-state index in [2.05, 4.69) is 10.6 Å². The number of rotatable bonds is 7. The molecule has 0 aromatic rings. The van der Waals surface area contributed by atoms with E-state index in [1.807, 2.05) is 5.32 Å². The SMILES string of the molecule is COCCNC(=O)CNC(C)C(=O)NC(N)=O. The summed E-state index contributed by atoms with van der Waals surface area (Å²) in [5, 5.41) is 7.11. The summed E-state index contributed by atoms with van der Waals surface area (Å²) in [7, 11) is 1.53. The minimum absolute atomic E-state index is 0.0307. The van der Waals surface area contributed by atoms with E-state index in [1.54, 1.807) is 0 Å². The first-order valence-corrected chi connectivity index (χ1v) is 5.06. The first-order valence-electron chi connectivity index (χ1n) is 5.06. The number of ether oxygens (including phenoxy) is 1. The van der Waals surface area contributed by atoms with Gasteiger partial charge in [0.15, 0.2) is 0 Å². The van der Waals surface area contributed by atoms with Gasteiger partial charge in [0.2, 0.25) is 11.8 Å². The highest BCUT2D eigenvalue weighted by Gasteiger charge is 2.14. The zero-order chi connectivity index (χ0) is 13.3. The minimum Gasteiger partial charge on any atom is -0.383 e. The van der Waals surface area contributed by atoms with Crippen LogP contribution >= 0.6 is 0 Å². The average Bonchev–Trinajstić information content (AvgIpc) is 2.25. The normalized spacial score (nSPS) is 11.6. The summed E-state index contributed by atoms with van der Waals surface area (Å²) in [5.74, 6) is -0.844. The number of methoxy groups -OCH3 is 1. The van der Waals surface area contributed by atoms with Crippen molar-refractivity contribution < 1.29 is 19.1 Å². The molecule has 8 nitrogen and oxygen atoms in total. The van der Waals surface area contributed by atoms with Crippen LogP contribution in [-0.4, -0.2) is 50.7 Å². The molecular formula is C9H18N4O4. The molecule has 0 bridgehead atoms. The van der Waals surface area contributed by atoms with Gasteiger partial charge in [-0.3, -0.25) is 20.2 Å². The molecule has 0 spiro atoms. The van der Waals surface area contributed by atoms with Crippen LogP contribution in [0.25, 0.3) is 0 Å². The van der Waals surface area contributed by atoms with E-state index in [0.717, 1.165) is 0 Å². The van der Waals surface area contributed by atoms with Gasteiger partial charge in [-0.15, -0.1) is 0 Å². The molecule has 1 unspecified atom stereocenters. The van der Waals surface area contributed by atoms with Gasteiger partial charge in [0.05, 0.1) is 19.2 Å². The minimum atomic E-state index is -0.923. The van der Waals surface area contributed by atoms with E-state index >= 15 is 0 Å². The molecule has 0 aliphatic rings. The fraction of sp³-hybridized carbons (Fsp3) is 0.667. The number of imide groups is 1. The Morgan fingerprint density at radius 1 is 1.35 bits per heavy atom. The van der Waals surface area contributed by atoms with Gasteiger partial charge in [0.1, 0.15) is 0 Å². The first kappa shape index (κ1) is 15.3. The van der Waals surface area contributed by atoms with Gasteiger partial charge in [0, 0.05) is 13.7 Å². The van der Waals surface area contributed by atoms with Gasteiger partial charge in [-0.05, 0) is 6.92 Å². The molecule has 1 atom stereocenters. The molecule has 0 saturated heterocycles. The van der Waals surface area contributed by atoms with E-state index in [4.69, 9.17) is 10.5 Å². The Kier molecular flexibility index (Phi) is 7.65. The van der Waals surface area contributed by atoms with Crippen molar-refractivity contribution >= 4 is 17.8 Å². The van der Waals surface area contributed by atoms with Gasteiger partial charge < -0.3 is 15.8 Å². The third-order valence-corrected chi connectivity index (χ3v) is 1.84. The second-order valence-electron chi connectivity index (χ2n) is 3.30. The molecule has 0 aliphatic heterocycles. The van der Waals surface area contributed by atoms with Crippen LogP contribution in [-0.2, 0) is 14.3 Å². The molecule has 0 aromatic carbocycles. The molecular weight excluding hydrogens is 228 g/mol. The molecule has 5 N–H and O–H groups in total. The summed E-state index contributed by atoms with van der Waals surface area (Å²) in [6.07, 6.45) is 0. The Morgan fingerprint density at radius 3 is 2.53 bits per heavy atom. The number of hydrogen-bond acceptors (Lipinski definition) is 5. The second kappa shape index (κ2) is 8.48. The molecule has 0 radical (unpaired) electrons. The molecule has 98 valence electrons. The van der Waals surface area contributed by atoms with Gasteiger partial charge in [-0.25, -0.2) is 4.79 Å². The van der Waals surface area contributed by atoms with Crippen LogP contribution < -0.4 is 21.7 Å². The molecule has 0 aromatic heterocycles. The summed E-state index contributed by atoms with van der Waals surface area (Å²) >= 11 is 0. The maximum absolute atomic E-state index is 11.2. The van der Waals surface area contributed by atoms with Crippen LogP contribution in [0.3, 0.4) is 0 Å². The van der Waals surface area contributed by atoms with Gasteiger partial charge >= 0.3 is 6.03 Å². The van der Waals surface area contributed by atoms with Crippen LogP contribution in [0.15, 0.2) is 0 Å². The van der Waals surface area contributed by atoms with Crippen molar-refractivity contribution in [2.75, 3.05) is 26.8 Å². The standard InChI is InChI=1S/C9H18N4O4/c1-6(8(15)13-9(10)16)12-5-7(14)11-3-4-17-2/h6,12H,3-5H2,1-2H3,(H,11,14)(H3,10,13,15,16). The Labute approximate surface area is 99.2 Å². The van der Waals surface area contributed by atoms with Crippen LogP contribution in [0.1, 0.15) is 6.92 Å². The van der Waals surface area contributed by atoms with Crippen molar-refractivity contribution in [3.05, 3.63) is 0 Å². The van der Waals surface area contributed by atoms with E-state index in [0.29, 0.717) is 13.2 Å². The van der Waals surface area contributed by atoms with E-state index in [9.17, 15) is 14.4 Å². The number of carbonyl (C=O) groups excluding carboxylic acids is 3. The number of amides is 4. The Balaban J connectivity index is 3.75. The van der Waals surface area contributed by atoms with Crippen molar-refractivity contribution in [2.24, 2.45) is 5.73 Å². The van der Waals surface area contributed by atoms with Crippen LogP contribution in [0.4, 0.5) is 4.79 Å². The average molecular weight is 246 g/mol. The highest BCUT2D eigenvalue weighted by Crippen LogP contribution is 1.81. The van der Waals surface area contributed by atoms with Crippen molar-refractivity contribution in [3.63, 3.8) is 0 Å². The number of hydrogen-bond donors (Lipinski definition) is 4. The molecule has 17 heavy (non-hydrogen) atoms. The molecule has 0 rings (SSSR count). The predicted octanol–water partition coefficient (Wildman–Crippen LogP) is -2.08. The lowest BCUT2D eigenvalue weighted by molar-refractivity contribution is -0.122. The fourth-order valence-corrected chi connectivity index (χ4v) is 0.923. The Bertz CT molecular complexity index is 282. The predicted molar refractivity (Wildman–Crippen MR) is 60.1 cm³/mol. The number of urea groups is 1. The van der Waals surface area contributed by atoms with Crippen molar-refractivity contribution in [3.8, 4) is 0 Å². The van der Waals surface area contributed by atoms with E-state index < -0.39 is 18.0 Å². The van der Waals surface area contributed by atoms with E-state index in [1.165, 1.54) is 14.0 Å². The zero-order valence-corrected chi connectivity index (χ0v) is 9.91. The summed E-state index contributed by atoms with van der Waals surface area (Å²) < 4.78 is 4.75.